The Balaban J connectivity index is 4.05. The molecule has 0 fully saturated rings. The zero-order valence-corrected chi connectivity index (χ0v) is 7.15. The molecule has 0 radical (unpaired) electrons. The van der Waals surface area contributed by atoms with Crippen molar-refractivity contribution >= 4 is 0 Å². The SMILES string of the molecule is C=C(C(C)N)N(C)CC(F)(F)F. The van der Waals surface area contributed by atoms with Crippen molar-refractivity contribution in [3.05, 3.63) is 12.3 Å². The second-order valence-corrected chi connectivity index (χ2v) is 2.75. The fourth-order valence-electron chi connectivity index (χ4n) is 0.718. The average molecular weight is 182 g/mol. The first-order valence-corrected chi connectivity index (χ1v) is 3.46. The number of rotatable bonds is 3. The van der Waals surface area contributed by atoms with Crippen molar-refractivity contribution in [2.24, 2.45) is 5.73 Å². The number of hydrogen-bond donors (Lipinski definition) is 1. The summed E-state index contributed by atoms with van der Waals surface area (Å²) in [6, 6.07) is -0.447. The maximum absolute atomic E-state index is 11.8. The van der Waals surface area contributed by atoms with E-state index in [0.717, 1.165) is 4.90 Å². The number of hydrogen-bond acceptors (Lipinski definition) is 2. The molecule has 0 aliphatic heterocycles. The molecule has 2 N–H and O–H groups in total. The molecular formula is C7H13F3N2. The summed E-state index contributed by atoms with van der Waals surface area (Å²) in [4.78, 5) is 1.00. The average Bonchev–Trinajstić information content (AvgIpc) is 1.82. The molecule has 2 nitrogen and oxygen atoms in total. The van der Waals surface area contributed by atoms with E-state index in [9.17, 15) is 13.2 Å². The highest BCUT2D eigenvalue weighted by Crippen LogP contribution is 2.17. The van der Waals surface area contributed by atoms with Crippen molar-refractivity contribution in [3.63, 3.8) is 0 Å². The number of alkyl halides is 3. The van der Waals surface area contributed by atoms with Crippen molar-refractivity contribution < 1.29 is 13.2 Å². The van der Waals surface area contributed by atoms with Gasteiger partial charge in [-0.2, -0.15) is 13.2 Å². The highest BCUT2D eigenvalue weighted by molar-refractivity contribution is 5.00. The molecular weight excluding hydrogens is 169 g/mol. The lowest BCUT2D eigenvalue weighted by atomic mass is 10.2. The third-order valence-electron chi connectivity index (χ3n) is 1.43. The molecule has 0 aromatic heterocycles. The topological polar surface area (TPSA) is 29.3 Å². The molecule has 5 heteroatoms. The van der Waals surface area contributed by atoms with Crippen molar-refractivity contribution in [2.45, 2.75) is 19.1 Å². The molecule has 0 saturated carbocycles. The Morgan fingerprint density at radius 2 is 2.00 bits per heavy atom. The summed E-state index contributed by atoms with van der Waals surface area (Å²) in [7, 11) is 1.32. The molecule has 72 valence electrons. The fourth-order valence-corrected chi connectivity index (χ4v) is 0.718. The Morgan fingerprint density at radius 3 is 2.25 bits per heavy atom. The van der Waals surface area contributed by atoms with E-state index in [1.54, 1.807) is 6.92 Å². The molecule has 0 amide bonds. The lowest BCUT2D eigenvalue weighted by Gasteiger charge is -2.25. The van der Waals surface area contributed by atoms with Gasteiger partial charge in [-0.25, -0.2) is 0 Å². The van der Waals surface area contributed by atoms with Crippen molar-refractivity contribution in [1.82, 2.24) is 4.90 Å². The van der Waals surface area contributed by atoms with Crippen molar-refractivity contribution in [2.75, 3.05) is 13.6 Å². The fraction of sp³-hybridized carbons (Fsp3) is 0.714. The molecule has 0 aromatic carbocycles. The molecule has 0 saturated heterocycles. The number of halogens is 3. The molecule has 0 aliphatic carbocycles. The van der Waals surface area contributed by atoms with E-state index in [4.69, 9.17) is 5.73 Å². The normalized spacial score (nSPS) is 14.2. The molecule has 1 unspecified atom stereocenters. The molecule has 1 atom stereocenters. The van der Waals surface area contributed by atoms with Gasteiger partial charge >= 0.3 is 6.18 Å². The van der Waals surface area contributed by atoms with E-state index in [-0.39, 0.29) is 5.70 Å². The molecule has 0 aromatic rings. The Hall–Kier alpha value is -0.710. The minimum atomic E-state index is -4.20. The summed E-state index contributed by atoms with van der Waals surface area (Å²) in [6.07, 6.45) is -4.20. The highest BCUT2D eigenvalue weighted by Gasteiger charge is 2.30. The molecule has 0 rings (SSSR count). The summed E-state index contributed by atoms with van der Waals surface area (Å²) < 4.78 is 35.4. The van der Waals surface area contributed by atoms with Gasteiger partial charge in [0.2, 0.25) is 0 Å². The first-order chi connectivity index (χ1) is 5.24. The van der Waals surface area contributed by atoms with Gasteiger partial charge < -0.3 is 10.6 Å². The lowest BCUT2D eigenvalue weighted by Crippen LogP contribution is -2.36. The summed E-state index contributed by atoms with van der Waals surface area (Å²) >= 11 is 0. The third-order valence-corrected chi connectivity index (χ3v) is 1.43. The van der Waals surface area contributed by atoms with Gasteiger partial charge in [0, 0.05) is 18.8 Å². The van der Waals surface area contributed by atoms with Crippen LogP contribution in [0.4, 0.5) is 13.2 Å². The lowest BCUT2D eigenvalue weighted by molar-refractivity contribution is -0.139. The summed E-state index contributed by atoms with van der Waals surface area (Å²) in [6.45, 7) is 4.03. The first kappa shape index (κ1) is 11.3. The van der Waals surface area contributed by atoms with E-state index < -0.39 is 18.8 Å². The van der Waals surface area contributed by atoms with Crippen LogP contribution in [-0.4, -0.2) is 30.7 Å². The van der Waals surface area contributed by atoms with Crippen LogP contribution in [0.3, 0.4) is 0 Å². The van der Waals surface area contributed by atoms with Gasteiger partial charge in [-0.05, 0) is 6.92 Å². The van der Waals surface area contributed by atoms with Crippen LogP contribution in [0, 0.1) is 0 Å². The van der Waals surface area contributed by atoms with Gasteiger partial charge in [-0.1, -0.05) is 6.58 Å². The Labute approximate surface area is 69.8 Å². The second kappa shape index (κ2) is 3.80. The van der Waals surface area contributed by atoms with Crippen LogP contribution in [0.5, 0.6) is 0 Å². The van der Waals surface area contributed by atoms with E-state index >= 15 is 0 Å². The van der Waals surface area contributed by atoms with Gasteiger partial charge in [0.25, 0.3) is 0 Å². The van der Waals surface area contributed by atoms with Crippen LogP contribution in [0.25, 0.3) is 0 Å². The number of likely N-dealkylation sites (N-methyl/N-ethyl adjacent to an activating group) is 1. The van der Waals surface area contributed by atoms with Crippen LogP contribution in [0.1, 0.15) is 6.92 Å². The Bertz CT molecular complexity index is 163. The molecule has 0 heterocycles. The molecule has 0 spiro atoms. The van der Waals surface area contributed by atoms with Gasteiger partial charge in [0.15, 0.2) is 0 Å². The Kier molecular flexibility index (Phi) is 3.57. The van der Waals surface area contributed by atoms with E-state index in [1.165, 1.54) is 7.05 Å². The minimum absolute atomic E-state index is 0.285. The van der Waals surface area contributed by atoms with Gasteiger partial charge in [-0.15, -0.1) is 0 Å². The molecule has 0 bridgehead atoms. The number of nitrogens with two attached hydrogens (primary N) is 1. The van der Waals surface area contributed by atoms with Crippen LogP contribution in [0.15, 0.2) is 12.3 Å². The maximum atomic E-state index is 11.8. The van der Waals surface area contributed by atoms with E-state index in [2.05, 4.69) is 6.58 Å². The Morgan fingerprint density at radius 1 is 1.58 bits per heavy atom. The van der Waals surface area contributed by atoms with Crippen molar-refractivity contribution in [1.29, 1.82) is 0 Å². The predicted octanol–water partition coefficient (Wildman–Crippen LogP) is 1.34. The van der Waals surface area contributed by atoms with Gasteiger partial charge in [-0.3, -0.25) is 0 Å². The third kappa shape index (κ3) is 4.23. The van der Waals surface area contributed by atoms with Crippen LogP contribution in [0.2, 0.25) is 0 Å². The smallest absolute Gasteiger partial charge is 0.368 e. The molecule has 12 heavy (non-hydrogen) atoms. The van der Waals surface area contributed by atoms with Crippen LogP contribution >= 0.6 is 0 Å². The largest absolute Gasteiger partial charge is 0.405 e. The summed E-state index contributed by atoms with van der Waals surface area (Å²) in [5.74, 6) is 0. The predicted molar refractivity (Wildman–Crippen MR) is 41.5 cm³/mol. The zero-order chi connectivity index (χ0) is 9.94. The minimum Gasteiger partial charge on any atom is -0.368 e. The van der Waals surface area contributed by atoms with Gasteiger partial charge in [0.1, 0.15) is 6.54 Å². The standard InChI is InChI=1S/C7H13F3N2/c1-5(11)6(2)12(3)4-7(8,9)10/h5H,2,4,11H2,1,3H3. The van der Waals surface area contributed by atoms with E-state index in [0.29, 0.717) is 0 Å². The van der Waals surface area contributed by atoms with Crippen LogP contribution < -0.4 is 5.73 Å². The summed E-state index contributed by atoms with van der Waals surface area (Å²) in [5.41, 5.74) is 5.63. The highest BCUT2D eigenvalue weighted by atomic mass is 19.4. The molecule has 0 aliphatic rings. The quantitative estimate of drug-likeness (QED) is 0.713. The van der Waals surface area contributed by atoms with Crippen molar-refractivity contribution in [3.8, 4) is 0 Å². The summed E-state index contributed by atoms with van der Waals surface area (Å²) in [5, 5.41) is 0. The van der Waals surface area contributed by atoms with Crippen LogP contribution in [-0.2, 0) is 0 Å². The first-order valence-electron chi connectivity index (χ1n) is 3.46. The monoisotopic (exact) mass is 182 g/mol. The van der Waals surface area contributed by atoms with E-state index in [1.807, 2.05) is 0 Å². The number of nitrogens with zero attached hydrogens (tertiary/aromatic N) is 1. The maximum Gasteiger partial charge on any atom is 0.405 e. The second-order valence-electron chi connectivity index (χ2n) is 2.75. The van der Waals surface area contributed by atoms with Gasteiger partial charge in [0.05, 0.1) is 0 Å². The zero-order valence-electron chi connectivity index (χ0n) is 7.15.